The zero-order valence-electron chi connectivity index (χ0n) is 15.6. The standard InChI is InChI=1S/C19H31N3O2/c1-14(2)13-22(18(23)24-19(3,4)5)17-10-9-15(12-21-17)16-8-6-7-11-20-16/h9-10,12,14,16,20H,6-8,11,13H2,1-5H3/t16-/m0/s1. The third-order valence-corrected chi connectivity index (χ3v) is 3.92. The molecule has 0 radical (unpaired) electrons. The Labute approximate surface area is 145 Å². The Balaban J connectivity index is 2.15. The molecule has 0 saturated carbocycles. The average molecular weight is 333 g/mol. The number of amides is 1. The van der Waals surface area contributed by atoms with Crippen molar-refractivity contribution in [1.82, 2.24) is 10.3 Å². The lowest BCUT2D eigenvalue weighted by atomic mass is 9.99. The van der Waals surface area contributed by atoms with Crippen LogP contribution in [0.2, 0.25) is 0 Å². The van der Waals surface area contributed by atoms with Crippen LogP contribution in [0.15, 0.2) is 18.3 Å². The van der Waals surface area contributed by atoms with Crippen molar-refractivity contribution in [2.75, 3.05) is 18.0 Å². The van der Waals surface area contributed by atoms with Gasteiger partial charge in [0.15, 0.2) is 0 Å². The van der Waals surface area contributed by atoms with Crippen LogP contribution in [0.1, 0.15) is 65.5 Å². The minimum absolute atomic E-state index is 0.332. The number of rotatable bonds is 4. The quantitative estimate of drug-likeness (QED) is 0.893. The van der Waals surface area contributed by atoms with Gasteiger partial charge in [0.25, 0.3) is 0 Å². The number of pyridine rings is 1. The van der Waals surface area contributed by atoms with Gasteiger partial charge in [-0.3, -0.25) is 4.90 Å². The first-order valence-electron chi connectivity index (χ1n) is 8.96. The van der Waals surface area contributed by atoms with Gasteiger partial charge < -0.3 is 10.1 Å². The highest BCUT2D eigenvalue weighted by atomic mass is 16.6. The molecule has 0 unspecified atom stereocenters. The van der Waals surface area contributed by atoms with Crippen LogP contribution in [0.3, 0.4) is 0 Å². The number of piperidine rings is 1. The monoisotopic (exact) mass is 333 g/mol. The van der Waals surface area contributed by atoms with Gasteiger partial charge in [-0.1, -0.05) is 26.3 Å². The van der Waals surface area contributed by atoms with Gasteiger partial charge in [-0.2, -0.15) is 0 Å². The van der Waals surface area contributed by atoms with Crippen LogP contribution in [0, 0.1) is 5.92 Å². The summed E-state index contributed by atoms with van der Waals surface area (Å²) >= 11 is 0. The number of anilines is 1. The topological polar surface area (TPSA) is 54.5 Å². The predicted octanol–water partition coefficient (Wildman–Crippen LogP) is 4.29. The lowest BCUT2D eigenvalue weighted by Gasteiger charge is -2.28. The number of carbonyl (C=O) groups is 1. The molecule has 134 valence electrons. The van der Waals surface area contributed by atoms with E-state index in [4.69, 9.17) is 4.74 Å². The fourth-order valence-electron chi connectivity index (χ4n) is 2.84. The van der Waals surface area contributed by atoms with Crippen LogP contribution in [-0.2, 0) is 4.74 Å². The van der Waals surface area contributed by atoms with Crippen molar-refractivity contribution in [1.29, 1.82) is 0 Å². The van der Waals surface area contributed by atoms with Crippen LogP contribution in [-0.4, -0.2) is 29.8 Å². The van der Waals surface area contributed by atoms with Crippen molar-refractivity contribution >= 4 is 11.9 Å². The van der Waals surface area contributed by atoms with Crippen LogP contribution in [0.25, 0.3) is 0 Å². The number of carbonyl (C=O) groups excluding carboxylic acids is 1. The van der Waals surface area contributed by atoms with Gasteiger partial charge in [-0.25, -0.2) is 9.78 Å². The first kappa shape index (κ1) is 18.7. The van der Waals surface area contributed by atoms with Crippen LogP contribution >= 0.6 is 0 Å². The van der Waals surface area contributed by atoms with E-state index >= 15 is 0 Å². The van der Waals surface area contributed by atoms with Gasteiger partial charge in [-0.05, 0) is 57.7 Å². The number of aromatic nitrogens is 1. The zero-order valence-corrected chi connectivity index (χ0v) is 15.6. The van der Waals surface area contributed by atoms with E-state index in [-0.39, 0.29) is 6.09 Å². The van der Waals surface area contributed by atoms with Crippen molar-refractivity contribution in [2.24, 2.45) is 5.92 Å². The van der Waals surface area contributed by atoms with Crippen molar-refractivity contribution < 1.29 is 9.53 Å². The summed E-state index contributed by atoms with van der Waals surface area (Å²) in [5.41, 5.74) is 0.672. The Morgan fingerprint density at radius 2 is 2.12 bits per heavy atom. The molecule has 2 rings (SSSR count). The summed E-state index contributed by atoms with van der Waals surface area (Å²) in [5, 5.41) is 3.52. The summed E-state index contributed by atoms with van der Waals surface area (Å²) < 4.78 is 5.54. The first-order chi connectivity index (χ1) is 11.3. The largest absolute Gasteiger partial charge is 0.443 e. The van der Waals surface area contributed by atoms with Gasteiger partial charge in [0, 0.05) is 18.8 Å². The van der Waals surface area contributed by atoms with Gasteiger partial charge in [0.2, 0.25) is 0 Å². The Morgan fingerprint density at radius 1 is 1.38 bits per heavy atom. The molecule has 1 N–H and O–H groups in total. The summed E-state index contributed by atoms with van der Waals surface area (Å²) in [6.45, 7) is 11.4. The molecule has 0 aromatic carbocycles. The van der Waals surface area contributed by atoms with Gasteiger partial charge in [0.1, 0.15) is 11.4 Å². The second kappa shape index (κ2) is 7.97. The number of hydrogen-bond donors (Lipinski definition) is 1. The fraction of sp³-hybridized carbons (Fsp3) is 0.684. The van der Waals surface area contributed by atoms with E-state index in [0.29, 0.717) is 24.3 Å². The lowest BCUT2D eigenvalue weighted by Crippen LogP contribution is -2.39. The van der Waals surface area contributed by atoms with Crippen LogP contribution < -0.4 is 10.2 Å². The number of hydrogen-bond acceptors (Lipinski definition) is 4. The smallest absolute Gasteiger partial charge is 0.416 e. The van der Waals surface area contributed by atoms with E-state index in [0.717, 1.165) is 13.0 Å². The van der Waals surface area contributed by atoms with E-state index in [1.54, 1.807) is 4.90 Å². The summed E-state index contributed by atoms with van der Waals surface area (Å²) in [7, 11) is 0. The highest BCUT2D eigenvalue weighted by Gasteiger charge is 2.25. The molecule has 1 amide bonds. The predicted molar refractivity (Wildman–Crippen MR) is 97.2 cm³/mol. The second-order valence-corrected chi connectivity index (χ2v) is 7.94. The molecule has 1 saturated heterocycles. The molecule has 0 spiro atoms. The number of ether oxygens (including phenoxy) is 1. The Kier molecular flexibility index (Phi) is 6.21. The molecule has 0 aliphatic carbocycles. The fourth-order valence-corrected chi connectivity index (χ4v) is 2.84. The van der Waals surface area contributed by atoms with Crippen LogP contribution in [0.5, 0.6) is 0 Å². The Hall–Kier alpha value is -1.62. The Bertz CT molecular complexity index is 529. The van der Waals surface area contributed by atoms with Gasteiger partial charge in [0.05, 0.1) is 0 Å². The lowest BCUT2D eigenvalue weighted by molar-refractivity contribution is 0.0575. The SMILES string of the molecule is CC(C)CN(C(=O)OC(C)(C)C)c1ccc([C@@H]2CCCCN2)cn1. The second-order valence-electron chi connectivity index (χ2n) is 7.94. The van der Waals surface area contributed by atoms with E-state index in [1.165, 1.54) is 18.4 Å². The van der Waals surface area contributed by atoms with E-state index in [9.17, 15) is 4.79 Å². The normalized spacial score (nSPS) is 18.5. The summed E-state index contributed by atoms with van der Waals surface area (Å²) in [5.74, 6) is 0.983. The van der Waals surface area contributed by atoms with E-state index in [2.05, 4.69) is 30.2 Å². The maximum absolute atomic E-state index is 12.5. The van der Waals surface area contributed by atoms with Crippen molar-refractivity contribution in [3.05, 3.63) is 23.9 Å². The molecule has 1 atom stereocenters. The molecule has 1 fully saturated rings. The molecular formula is C19H31N3O2. The summed E-state index contributed by atoms with van der Waals surface area (Å²) in [6, 6.07) is 4.38. The highest BCUT2D eigenvalue weighted by molar-refractivity contribution is 5.86. The van der Waals surface area contributed by atoms with E-state index in [1.807, 2.05) is 33.0 Å². The molecule has 0 bridgehead atoms. The molecule has 5 heteroatoms. The highest BCUT2D eigenvalue weighted by Crippen LogP contribution is 2.24. The molecule has 24 heavy (non-hydrogen) atoms. The number of nitrogens with zero attached hydrogens (tertiary/aromatic N) is 2. The molecular weight excluding hydrogens is 302 g/mol. The zero-order chi connectivity index (χ0) is 17.7. The summed E-state index contributed by atoms with van der Waals surface area (Å²) in [6.07, 6.45) is 5.17. The Morgan fingerprint density at radius 3 is 2.62 bits per heavy atom. The van der Waals surface area contributed by atoms with Gasteiger partial charge >= 0.3 is 6.09 Å². The minimum Gasteiger partial charge on any atom is -0.443 e. The first-order valence-corrected chi connectivity index (χ1v) is 8.96. The maximum atomic E-state index is 12.5. The van der Waals surface area contributed by atoms with Crippen molar-refractivity contribution in [3.8, 4) is 0 Å². The third kappa shape index (κ3) is 5.48. The van der Waals surface area contributed by atoms with Gasteiger partial charge in [-0.15, -0.1) is 0 Å². The third-order valence-electron chi connectivity index (χ3n) is 3.92. The maximum Gasteiger partial charge on any atom is 0.416 e. The minimum atomic E-state index is -0.516. The van der Waals surface area contributed by atoms with Crippen LogP contribution in [0.4, 0.5) is 10.6 Å². The molecule has 1 aliphatic rings. The molecule has 1 aromatic rings. The summed E-state index contributed by atoms with van der Waals surface area (Å²) in [4.78, 5) is 18.7. The van der Waals surface area contributed by atoms with Crippen molar-refractivity contribution in [3.63, 3.8) is 0 Å². The molecule has 1 aliphatic heterocycles. The molecule has 1 aromatic heterocycles. The van der Waals surface area contributed by atoms with Crippen molar-refractivity contribution in [2.45, 2.75) is 65.5 Å². The molecule has 2 heterocycles. The molecule has 5 nitrogen and oxygen atoms in total. The average Bonchev–Trinajstić information content (AvgIpc) is 2.52. The van der Waals surface area contributed by atoms with E-state index < -0.39 is 5.60 Å². The number of nitrogens with one attached hydrogen (secondary N) is 1.